The molecule has 3 aromatic rings. The predicted molar refractivity (Wildman–Crippen MR) is 109 cm³/mol. The third-order valence-corrected chi connectivity index (χ3v) is 7.39. The van der Waals surface area contributed by atoms with Crippen LogP contribution >= 0.6 is 11.8 Å². The molecule has 0 spiro atoms. The molecular weight excluding hydrogens is 433 g/mol. The highest BCUT2D eigenvalue weighted by atomic mass is 32.2. The van der Waals surface area contributed by atoms with E-state index in [-0.39, 0.29) is 16.3 Å². The molecule has 158 valence electrons. The van der Waals surface area contributed by atoms with Crippen LogP contribution in [-0.4, -0.2) is 68.4 Å². The van der Waals surface area contributed by atoms with Gasteiger partial charge < -0.3 is 10.3 Å². The van der Waals surface area contributed by atoms with Crippen molar-refractivity contribution in [3.8, 4) is 5.69 Å². The summed E-state index contributed by atoms with van der Waals surface area (Å²) >= 11 is 1.70. The number of benzene rings is 1. The van der Waals surface area contributed by atoms with Gasteiger partial charge in [0.05, 0.1) is 0 Å². The molecular formula is C17H18FN7O3S2. The number of amides is 1. The fourth-order valence-corrected chi connectivity index (χ4v) is 5.57. The Balaban J connectivity index is 1.53. The second-order valence-electron chi connectivity index (χ2n) is 6.52. The van der Waals surface area contributed by atoms with Crippen LogP contribution in [0.2, 0.25) is 0 Å². The Morgan fingerprint density at radius 3 is 2.73 bits per heavy atom. The summed E-state index contributed by atoms with van der Waals surface area (Å²) in [4.78, 5) is 15.3. The quantitative estimate of drug-likeness (QED) is 0.601. The molecule has 0 radical (unpaired) electrons. The van der Waals surface area contributed by atoms with Gasteiger partial charge in [0, 0.05) is 36.5 Å². The lowest BCUT2D eigenvalue weighted by atomic mass is 10.2. The molecule has 0 atom stereocenters. The molecule has 1 amide bonds. The number of hydrogen-bond donors (Lipinski definition) is 2. The minimum Gasteiger partial charge on any atom is -0.356 e. The first-order valence-electron chi connectivity index (χ1n) is 8.99. The lowest BCUT2D eigenvalue weighted by Gasteiger charge is -2.24. The van der Waals surface area contributed by atoms with E-state index in [1.807, 2.05) is 0 Å². The van der Waals surface area contributed by atoms with Gasteiger partial charge in [-0.25, -0.2) is 12.8 Å². The van der Waals surface area contributed by atoms with Crippen LogP contribution in [0.1, 0.15) is 16.3 Å². The molecule has 2 aromatic heterocycles. The van der Waals surface area contributed by atoms with Crippen molar-refractivity contribution < 1.29 is 17.6 Å². The van der Waals surface area contributed by atoms with Crippen LogP contribution in [0.4, 0.5) is 10.1 Å². The Morgan fingerprint density at radius 2 is 2.03 bits per heavy atom. The van der Waals surface area contributed by atoms with Crippen LogP contribution in [0, 0.1) is 12.7 Å². The molecule has 1 saturated heterocycles. The lowest BCUT2D eigenvalue weighted by molar-refractivity contribution is 0.102. The Morgan fingerprint density at radius 1 is 1.27 bits per heavy atom. The second kappa shape index (κ2) is 8.16. The molecule has 3 heterocycles. The molecule has 1 fully saturated rings. The van der Waals surface area contributed by atoms with E-state index in [0.717, 1.165) is 11.5 Å². The van der Waals surface area contributed by atoms with Crippen molar-refractivity contribution in [1.29, 1.82) is 0 Å². The zero-order valence-corrected chi connectivity index (χ0v) is 17.5. The number of nitrogens with one attached hydrogen (secondary N) is 2. The number of rotatable bonds is 5. The predicted octanol–water partition coefficient (Wildman–Crippen LogP) is 1.43. The van der Waals surface area contributed by atoms with E-state index < -0.39 is 21.7 Å². The normalized spacial score (nSPS) is 15.3. The second-order valence-corrected chi connectivity index (χ2v) is 9.69. The fraction of sp³-hybridized carbons (Fsp3) is 0.294. The van der Waals surface area contributed by atoms with E-state index in [1.54, 1.807) is 18.7 Å². The van der Waals surface area contributed by atoms with Crippen molar-refractivity contribution in [2.75, 3.05) is 29.9 Å². The number of halogens is 1. The third kappa shape index (κ3) is 3.95. The van der Waals surface area contributed by atoms with Crippen LogP contribution in [0.5, 0.6) is 0 Å². The largest absolute Gasteiger partial charge is 0.356 e. The number of thioether (sulfide) groups is 1. The monoisotopic (exact) mass is 451 g/mol. The van der Waals surface area contributed by atoms with Gasteiger partial charge in [-0.15, -0.1) is 5.10 Å². The number of tetrazole rings is 1. The summed E-state index contributed by atoms with van der Waals surface area (Å²) in [5.74, 6) is 0.746. The van der Waals surface area contributed by atoms with Crippen molar-refractivity contribution in [3.05, 3.63) is 47.8 Å². The van der Waals surface area contributed by atoms with E-state index in [9.17, 15) is 17.6 Å². The van der Waals surface area contributed by atoms with Gasteiger partial charge in [0.25, 0.3) is 5.91 Å². The highest BCUT2D eigenvalue weighted by Crippen LogP contribution is 2.22. The maximum atomic E-state index is 14.2. The van der Waals surface area contributed by atoms with Crippen LogP contribution in [-0.2, 0) is 10.0 Å². The average molecular weight is 452 g/mol. The van der Waals surface area contributed by atoms with Gasteiger partial charge in [0.2, 0.25) is 10.0 Å². The van der Waals surface area contributed by atoms with E-state index in [4.69, 9.17) is 0 Å². The summed E-state index contributed by atoms with van der Waals surface area (Å²) in [6.07, 6.45) is 1.30. The zero-order valence-electron chi connectivity index (χ0n) is 15.9. The number of hydrogen-bond acceptors (Lipinski definition) is 7. The molecule has 0 bridgehead atoms. The smallest absolute Gasteiger partial charge is 0.272 e. The van der Waals surface area contributed by atoms with Crippen LogP contribution in [0.25, 0.3) is 5.69 Å². The number of carbonyl (C=O) groups excluding carboxylic acids is 1. The number of aromatic amines is 1. The SMILES string of the molecule is Cc1nnnn1-c1cc(NC(=O)c2cc(S(=O)(=O)N3CCSCC3)c[nH]2)ccc1F. The van der Waals surface area contributed by atoms with E-state index in [0.29, 0.717) is 24.6 Å². The summed E-state index contributed by atoms with van der Waals surface area (Å²) in [7, 11) is -3.66. The standard InChI is InChI=1S/C17H18FN7O3S2/c1-11-21-22-23-25(11)16-8-12(2-3-14(16)18)20-17(26)15-9-13(10-19-15)30(27,28)24-4-6-29-7-5-24/h2-3,8-10,19H,4-7H2,1H3,(H,20,26). The van der Waals surface area contributed by atoms with Crippen LogP contribution in [0.15, 0.2) is 35.4 Å². The highest BCUT2D eigenvalue weighted by Gasteiger charge is 2.27. The van der Waals surface area contributed by atoms with Crippen LogP contribution < -0.4 is 5.32 Å². The van der Waals surface area contributed by atoms with Gasteiger partial charge in [0.15, 0.2) is 5.82 Å². The van der Waals surface area contributed by atoms with Gasteiger partial charge >= 0.3 is 0 Å². The van der Waals surface area contributed by atoms with Gasteiger partial charge in [-0.2, -0.15) is 20.7 Å². The number of aryl methyl sites for hydroxylation is 1. The first-order chi connectivity index (χ1) is 14.4. The van der Waals surface area contributed by atoms with Gasteiger partial charge in [-0.3, -0.25) is 4.79 Å². The average Bonchev–Trinajstić information content (AvgIpc) is 3.40. The fourth-order valence-electron chi connectivity index (χ4n) is 3.00. The summed E-state index contributed by atoms with van der Waals surface area (Å²) in [6, 6.07) is 5.26. The molecule has 0 aliphatic carbocycles. The Kier molecular flexibility index (Phi) is 5.58. The molecule has 2 N–H and O–H groups in total. The maximum absolute atomic E-state index is 14.2. The molecule has 0 saturated carbocycles. The number of anilines is 1. The van der Waals surface area contributed by atoms with Gasteiger partial charge in [-0.1, -0.05) is 0 Å². The third-order valence-electron chi connectivity index (χ3n) is 4.57. The first-order valence-corrected chi connectivity index (χ1v) is 11.6. The zero-order chi connectivity index (χ0) is 21.3. The number of aromatic nitrogens is 5. The lowest BCUT2D eigenvalue weighted by Crippen LogP contribution is -2.37. The molecule has 1 aromatic carbocycles. The summed E-state index contributed by atoms with van der Waals surface area (Å²) in [5.41, 5.74) is 0.454. The van der Waals surface area contributed by atoms with Crippen LogP contribution in [0.3, 0.4) is 0 Å². The Bertz CT molecular complexity index is 1190. The highest BCUT2D eigenvalue weighted by molar-refractivity contribution is 7.99. The van der Waals surface area contributed by atoms with E-state index in [1.165, 1.54) is 39.4 Å². The molecule has 1 aliphatic heterocycles. The number of nitrogens with zero attached hydrogens (tertiary/aromatic N) is 5. The Labute approximate surface area is 175 Å². The number of sulfonamides is 1. The van der Waals surface area contributed by atoms with E-state index in [2.05, 4.69) is 25.8 Å². The molecule has 4 rings (SSSR count). The van der Waals surface area contributed by atoms with E-state index >= 15 is 0 Å². The summed E-state index contributed by atoms with van der Waals surface area (Å²) in [5, 5.41) is 13.5. The van der Waals surface area contributed by atoms with Gasteiger partial charge in [0.1, 0.15) is 22.1 Å². The summed E-state index contributed by atoms with van der Waals surface area (Å²) < 4.78 is 42.3. The molecule has 30 heavy (non-hydrogen) atoms. The van der Waals surface area contributed by atoms with Crippen molar-refractivity contribution >= 4 is 33.4 Å². The molecule has 1 aliphatic rings. The van der Waals surface area contributed by atoms with Gasteiger partial charge in [-0.05, 0) is 41.6 Å². The minimum absolute atomic E-state index is 0.0312. The first kappa shape index (κ1) is 20.5. The van der Waals surface area contributed by atoms with Crippen molar-refractivity contribution in [2.45, 2.75) is 11.8 Å². The summed E-state index contributed by atoms with van der Waals surface area (Å²) in [6.45, 7) is 2.50. The Hall–Kier alpha value is -2.77. The van der Waals surface area contributed by atoms with Crippen molar-refractivity contribution in [3.63, 3.8) is 0 Å². The molecule has 10 nitrogen and oxygen atoms in total. The number of H-pyrrole nitrogens is 1. The maximum Gasteiger partial charge on any atom is 0.272 e. The topological polar surface area (TPSA) is 126 Å². The van der Waals surface area contributed by atoms with Crippen molar-refractivity contribution in [1.82, 2.24) is 29.5 Å². The minimum atomic E-state index is -3.66. The molecule has 13 heteroatoms. The molecule has 0 unspecified atom stereocenters. The number of carbonyl (C=O) groups is 1. The van der Waals surface area contributed by atoms with Crippen molar-refractivity contribution in [2.24, 2.45) is 0 Å².